The van der Waals surface area contributed by atoms with Gasteiger partial charge in [0.15, 0.2) is 0 Å². The minimum absolute atomic E-state index is 0.147. The Balaban J connectivity index is 1.36. The van der Waals surface area contributed by atoms with E-state index in [9.17, 15) is 13.2 Å². The van der Waals surface area contributed by atoms with Crippen molar-refractivity contribution in [2.45, 2.75) is 30.7 Å². The highest BCUT2D eigenvalue weighted by Crippen LogP contribution is 2.32. The number of sulfonamides is 1. The van der Waals surface area contributed by atoms with Gasteiger partial charge in [-0.15, -0.1) is 0 Å². The Morgan fingerprint density at radius 1 is 0.837 bits per heavy atom. The van der Waals surface area contributed by atoms with Crippen LogP contribution in [0.5, 0.6) is 5.75 Å². The van der Waals surface area contributed by atoms with Crippen LogP contribution in [0, 0.1) is 0 Å². The van der Waals surface area contributed by atoms with Crippen molar-refractivity contribution < 1.29 is 17.9 Å². The van der Waals surface area contributed by atoms with E-state index in [1.165, 1.54) is 0 Å². The summed E-state index contributed by atoms with van der Waals surface area (Å²) in [5.74, 6) is 0.639. The van der Waals surface area contributed by atoms with Crippen LogP contribution in [0.4, 0.5) is 17.1 Å². The van der Waals surface area contributed by atoms with E-state index in [1.807, 2.05) is 91.9 Å². The molecule has 0 aliphatic carbocycles. The van der Waals surface area contributed by atoms with Crippen molar-refractivity contribution in [3.63, 3.8) is 0 Å². The summed E-state index contributed by atoms with van der Waals surface area (Å²) in [6.45, 7) is 4.59. The molecule has 4 aromatic carbocycles. The van der Waals surface area contributed by atoms with Gasteiger partial charge in [0.25, 0.3) is 0 Å². The smallest absolute Gasteiger partial charge is 0.243 e. The summed E-state index contributed by atoms with van der Waals surface area (Å²) >= 11 is 0. The van der Waals surface area contributed by atoms with E-state index in [2.05, 4.69) is 19.8 Å². The number of nitrogens with zero attached hydrogens (tertiary/aromatic N) is 2. The number of anilines is 3. The van der Waals surface area contributed by atoms with Crippen LogP contribution in [0.25, 0.3) is 0 Å². The van der Waals surface area contributed by atoms with Gasteiger partial charge < -0.3 is 19.9 Å². The number of benzene rings is 4. The van der Waals surface area contributed by atoms with E-state index in [-0.39, 0.29) is 10.8 Å². The van der Waals surface area contributed by atoms with Gasteiger partial charge in [-0.25, -0.2) is 13.1 Å². The number of amides is 1. The molecule has 1 aliphatic rings. The number of carbonyl (C=O) groups is 1. The molecule has 1 atom stereocenters. The highest BCUT2D eigenvalue weighted by molar-refractivity contribution is 7.89. The zero-order valence-electron chi connectivity index (χ0n) is 24.6. The molecular weight excluding hydrogens is 560 g/mol. The van der Waals surface area contributed by atoms with Crippen molar-refractivity contribution in [2.75, 3.05) is 48.4 Å². The van der Waals surface area contributed by atoms with Crippen LogP contribution >= 0.6 is 0 Å². The summed E-state index contributed by atoms with van der Waals surface area (Å²) in [5.41, 5.74) is 4.10. The van der Waals surface area contributed by atoms with Gasteiger partial charge >= 0.3 is 0 Å². The molecule has 4 aromatic rings. The highest BCUT2D eigenvalue weighted by Gasteiger charge is 2.27. The van der Waals surface area contributed by atoms with Crippen LogP contribution in [-0.4, -0.2) is 47.6 Å². The first kappa shape index (κ1) is 30.1. The molecule has 2 N–H and O–H groups in total. The van der Waals surface area contributed by atoms with Gasteiger partial charge in [0, 0.05) is 50.0 Å². The van der Waals surface area contributed by atoms with Gasteiger partial charge in [0.2, 0.25) is 15.9 Å². The molecule has 0 bridgehead atoms. The fourth-order valence-corrected chi connectivity index (χ4v) is 6.78. The Morgan fingerprint density at radius 3 is 2.12 bits per heavy atom. The molecule has 43 heavy (non-hydrogen) atoms. The standard InChI is InChI=1S/C34H38N4O4S/c1-26(28-11-7-4-8-12-28)36-43(40,41)33-25-29(35-34(39)20-13-27-9-5-3-6-10-27)14-19-32(33)38-23-21-37(22-24-38)30-15-17-31(42-2)18-16-30/h3-12,14-19,25-26,36H,13,20-24H2,1-2H3,(H,35,39). The van der Waals surface area contributed by atoms with Crippen molar-refractivity contribution in [1.82, 2.24) is 4.72 Å². The molecule has 0 saturated carbocycles. The van der Waals surface area contributed by atoms with Crippen LogP contribution in [0.15, 0.2) is 108 Å². The summed E-state index contributed by atoms with van der Waals surface area (Å²) in [6.07, 6.45) is 0.898. The number of methoxy groups -OCH3 is 1. The van der Waals surface area contributed by atoms with Crippen LogP contribution in [0.2, 0.25) is 0 Å². The van der Waals surface area contributed by atoms with Crippen molar-refractivity contribution in [2.24, 2.45) is 0 Å². The Bertz CT molecular complexity index is 1610. The number of carbonyl (C=O) groups excluding carboxylic acids is 1. The number of ether oxygens (including phenoxy) is 1. The largest absolute Gasteiger partial charge is 0.497 e. The second kappa shape index (κ2) is 13.8. The van der Waals surface area contributed by atoms with Crippen LogP contribution in [0.1, 0.15) is 30.5 Å². The molecule has 0 aromatic heterocycles. The predicted octanol–water partition coefficient (Wildman–Crippen LogP) is 5.63. The number of rotatable bonds is 11. The molecule has 1 saturated heterocycles. The number of hydrogen-bond acceptors (Lipinski definition) is 6. The fourth-order valence-electron chi connectivity index (χ4n) is 5.30. The van der Waals surface area contributed by atoms with E-state index in [1.54, 1.807) is 25.3 Å². The second-order valence-corrected chi connectivity index (χ2v) is 12.3. The summed E-state index contributed by atoms with van der Waals surface area (Å²) in [7, 11) is -2.30. The van der Waals surface area contributed by atoms with Crippen LogP contribution < -0.4 is 24.6 Å². The summed E-state index contributed by atoms with van der Waals surface area (Å²) in [5, 5.41) is 2.91. The normalized spacial score (nSPS) is 14.3. The third kappa shape index (κ3) is 7.74. The van der Waals surface area contributed by atoms with Gasteiger partial charge in [-0.3, -0.25) is 4.79 Å². The van der Waals surface area contributed by atoms with Gasteiger partial charge in [0.05, 0.1) is 12.8 Å². The van der Waals surface area contributed by atoms with Gasteiger partial charge in [0.1, 0.15) is 10.6 Å². The lowest BCUT2D eigenvalue weighted by Crippen LogP contribution is -2.47. The number of piperazine rings is 1. The lowest BCUT2D eigenvalue weighted by molar-refractivity contribution is -0.116. The quantitative estimate of drug-likeness (QED) is 0.233. The highest BCUT2D eigenvalue weighted by atomic mass is 32.2. The van der Waals surface area contributed by atoms with E-state index >= 15 is 0 Å². The molecule has 224 valence electrons. The second-order valence-electron chi connectivity index (χ2n) is 10.6. The molecule has 5 rings (SSSR count). The fraction of sp³-hybridized carbons (Fsp3) is 0.265. The average molecular weight is 599 g/mol. The Morgan fingerprint density at radius 2 is 1.47 bits per heavy atom. The third-order valence-electron chi connectivity index (χ3n) is 7.71. The zero-order valence-corrected chi connectivity index (χ0v) is 25.4. The topological polar surface area (TPSA) is 91.0 Å². The third-order valence-corrected chi connectivity index (χ3v) is 9.28. The number of hydrogen-bond donors (Lipinski definition) is 2. The van der Waals surface area contributed by atoms with E-state index in [0.717, 1.165) is 35.7 Å². The van der Waals surface area contributed by atoms with E-state index in [4.69, 9.17) is 4.74 Å². The molecule has 1 aliphatic heterocycles. The summed E-state index contributed by atoms with van der Waals surface area (Å²) in [6, 6.07) is 32.0. The maximum absolute atomic E-state index is 13.9. The Hall–Kier alpha value is -4.34. The Labute approximate surface area is 254 Å². The molecule has 0 radical (unpaired) electrons. The zero-order chi connectivity index (χ0) is 30.2. The predicted molar refractivity (Wildman–Crippen MR) is 172 cm³/mol. The maximum atomic E-state index is 13.9. The lowest BCUT2D eigenvalue weighted by atomic mass is 10.1. The average Bonchev–Trinajstić information content (AvgIpc) is 3.04. The number of aryl methyl sites for hydroxylation is 1. The molecule has 1 unspecified atom stereocenters. The molecule has 1 heterocycles. The van der Waals surface area contributed by atoms with Crippen LogP contribution in [-0.2, 0) is 21.2 Å². The molecular formula is C34H38N4O4S. The monoisotopic (exact) mass is 598 g/mol. The molecule has 9 heteroatoms. The van der Waals surface area contributed by atoms with E-state index in [0.29, 0.717) is 37.3 Å². The minimum atomic E-state index is -3.95. The van der Waals surface area contributed by atoms with Crippen molar-refractivity contribution in [3.8, 4) is 5.75 Å². The molecule has 8 nitrogen and oxygen atoms in total. The number of nitrogens with one attached hydrogen (secondary N) is 2. The lowest BCUT2D eigenvalue weighted by Gasteiger charge is -2.38. The van der Waals surface area contributed by atoms with Crippen molar-refractivity contribution in [3.05, 3.63) is 114 Å². The van der Waals surface area contributed by atoms with Crippen molar-refractivity contribution in [1.29, 1.82) is 0 Å². The molecule has 1 amide bonds. The first-order valence-corrected chi connectivity index (χ1v) is 16.0. The van der Waals surface area contributed by atoms with Gasteiger partial charge in [-0.05, 0) is 66.9 Å². The van der Waals surface area contributed by atoms with Gasteiger partial charge in [-0.2, -0.15) is 0 Å². The molecule has 1 fully saturated rings. The van der Waals surface area contributed by atoms with Crippen molar-refractivity contribution >= 4 is 33.0 Å². The Kier molecular flexibility index (Phi) is 9.64. The molecule has 0 spiro atoms. The summed E-state index contributed by atoms with van der Waals surface area (Å²) < 4.78 is 35.9. The van der Waals surface area contributed by atoms with Gasteiger partial charge in [-0.1, -0.05) is 60.7 Å². The van der Waals surface area contributed by atoms with E-state index < -0.39 is 16.1 Å². The van der Waals surface area contributed by atoms with Crippen LogP contribution in [0.3, 0.4) is 0 Å². The maximum Gasteiger partial charge on any atom is 0.243 e. The SMILES string of the molecule is COc1ccc(N2CCN(c3ccc(NC(=O)CCc4ccccc4)cc3S(=O)(=O)NC(C)c3ccccc3)CC2)cc1. The minimum Gasteiger partial charge on any atom is -0.497 e. The summed E-state index contributed by atoms with van der Waals surface area (Å²) in [4.78, 5) is 17.3. The first-order chi connectivity index (χ1) is 20.8. The first-order valence-electron chi connectivity index (χ1n) is 14.5.